The molecular formula is C14H16N2O2S. The van der Waals surface area contributed by atoms with Gasteiger partial charge in [-0.15, -0.1) is 0 Å². The summed E-state index contributed by atoms with van der Waals surface area (Å²) >= 11 is 1.58. The van der Waals surface area contributed by atoms with Gasteiger partial charge in [0.05, 0.1) is 5.56 Å². The zero-order chi connectivity index (χ0) is 13.8. The number of nitrogens with two attached hydrogens (primary N) is 2. The number of carbonyl (C=O) groups is 1. The maximum Gasteiger partial charge on any atom is 0.252 e. The molecule has 4 nitrogen and oxygen atoms in total. The molecule has 2 atom stereocenters. The van der Waals surface area contributed by atoms with Crippen molar-refractivity contribution in [1.29, 1.82) is 0 Å². The van der Waals surface area contributed by atoms with Crippen LogP contribution in [0.2, 0.25) is 0 Å². The predicted molar refractivity (Wildman–Crippen MR) is 76.3 cm³/mol. The van der Waals surface area contributed by atoms with Gasteiger partial charge in [0, 0.05) is 11.6 Å². The Balaban J connectivity index is 2.30. The Hall–Kier alpha value is -1.85. The van der Waals surface area contributed by atoms with Crippen LogP contribution in [0.15, 0.2) is 41.1 Å². The summed E-state index contributed by atoms with van der Waals surface area (Å²) in [6.07, 6.45) is -0.299. The smallest absolute Gasteiger partial charge is 0.252 e. The van der Waals surface area contributed by atoms with Crippen LogP contribution >= 0.6 is 11.3 Å². The number of carbonyl (C=O) groups excluding carboxylic acids is 1. The van der Waals surface area contributed by atoms with Crippen LogP contribution in [0.3, 0.4) is 0 Å². The molecule has 2 unspecified atom stereocenters. The lowest BCUT2D eigenvalue weighted by molar-refractivity contribution is 0.0990. The molecule has 0 saturated carbocycles. The molecule has 0 aliphatic carbocycles. The molecule has 1 aromatic heterocycles. The topological polar surface area (TPSA) is 78.3 Å². The average molecular weight is 276 g/mol. The fourth-order valence-electron chi connectivity index (χ4n) is 1.83. The Morgan fingerprint density at radius 2 is 2.05 bits per heavy atom. The first-order chi connectivity index (χ1) is 9.09. The summed E-state index contributed by atoms with van der Waals surface area (Å²) in [5.74, 6) is -0.0483. The van der Waals surface area contributed by atoms with Crippen LogP contribution in [0.1, 0.15) is 28.9 Å². The minimum absolute atomic E-state index is 0.199. The van der Waals surface area contributed by atoms with Crippen LogP contribution in [0.5, 0.6) is 5.75 Å². The summed E-state index contributed by atoms with van der Waals surface area (Å²) < 4.78 is 5.89. The van der Waals surface area contributed by atoms with E-state index in [-0.39, 0.29) is 12.1 Å². The molecule has 0 aliphatic rings. The molecule has 0 radical (unpaired) electrons. The van der Waals surface area contributed by atoms with Gasteiger partial charge >= 0.3 is 0 Å². The van der Waals surface area contributed by atoms with E-state index in [1.165, 1.54) is 0 Å². The SMILES string of the molecule is CC(N)C(Oc1ccccc1C(N)=O)c1ccsc1. The van der Waals surface area contributed by atoms with E-state index >= 15 is 0 Å². The predicted octanol–water partition coefficient (Wildman–Crippen LogP) is 2.31. The molecule has 1 heterocycles. The quantitative estimate of drug-likeness (QED) is 0.879. The molecule has 0 aliphatic heterocycles. The molecule has 2 rings (SSSR count). The van der Waals surface area contributed by atoms with Gasteiger partial charge in [-0.1, -0.05) is 12.1 Å². The standard InChI is InChI=1S/C14H16N2O2S/c1-9(15)13(10-6-7-19-8-10)18-12-5-3-2-4-11(12)14(16)17/h2-9,13H,15H2,1H3,(H2,16,17). The first-order valence-corrected chi connectivity index (χ1v) is 6.87. The minimum atomic E-state index is -0.510. The first kappa shape index (κ1) is 13.6. The van der Waals surface area contributed by atoms with Crippen LogP contribution in [0.4, 0.5) is 0 Å². The van der Waals surface area contributed by atoms with Crippen molar-refractivity contribution < 1.29 is 9.53 Å². The number of amides is 1. The fraction of sp³-hybridized carbons (Fsp3) is 0.214. The lowest BCUT2D eigenvalue weighted by Gasteiger charge is -2.22. The molecule has 0 saturated heterocycles. The second-order valence-corrected chi connectivity index (χ2v) is 5.09. The molecule has 0 spiro atoms. The normalized spacial score (nSPS) is 13.8. The minimum Gasteiger partial charge on any atom is -0.483 e. The Labute approximate surface area is 116 Å². The summed E-state index contributed by atoms with van der Waals surface area (Å²) in [6.45, 7) is 1.87. The van der Waals surface area contributed by atoms with Gasteiger partial charge in [0.1, 0.15) is 11.9 Å². The zero-order valence-electron chi connectivity index (χ0n) is 10.6. The Kier molecular flexibility index (Phi) is 4.19. The third-order valence-corrected chi connectivity index (χ3v) is 3.46. The number of ether oxygens (including phenoxy) is 1. The molecule has 1 aromatic carbocycles. The van der Waals surface area contributed by atoms with Gasteiger partial charge in [-0.3, -0.25) is 4.79 Å². The molecule has 100 valence electrons. The van der Waals surface area contributed by atoms with E-state index in [2.05, 4.69) is 0 Å². The molecule has 1 amide bonds. The van der Waals surface area contributed by atoms with Crippen molar-refractivity contribution in [2.75, 3.05) is 0 Å². The second-order valence-electron chi connectivity index (χ2n) is 4.31. The van der Waals surface area contributed by atoms with E-state index in [9.17, 15) is 4.79 Å². The van der Waals surface area contributed by atoms with Crippen LogP contribution in [-0.4, -0.2) is 11.9 Å². The van der Waals surface area contributed by atoms with Gasteiger partial charge in [0.25, 0.3) is 5.91 Å². The summed E-state index contributed by atoms with van der Waals surface area (Å²) in [7, 11) is 0. The van der Waals surface area contributed by atoms with Crippen molar-refractivity contribution in [1.82, 2.24) is 0 Å². The van der Waals surface area contributed by atoms with Gasteiger partial charge < -0.3 is 16.2 Å². The van der Waals surface area contributed by atoms with E-state index in [4.69, 9.17) is 16.2 Å². The number of hydrogen-bond donors (Lipinski definition) is 2. The average Bonchev–Trinajstić information content (AvgIpc) is 2.89. The molecule has 5 heteroatoms. The van der Waals surface area contributed by atoms with E-state index in [1.54, 1.807) is 35.6 Å². The fourth-order valence-corrected chi connectivity index (χ4v) is 2.51. The summed E-state index contributed by atoms with van der Waals surface area (Å²) in [4.78, 5) is 11.4. The molecular weight excluding hydrogens is 260 g/mol. The summed E-state index contributed by atoms with van der Waals surface area (Å²) in [6, 6.07) is 8.68. The Bertz CT molecular complexity index is 552. The highest BCUT2D eigenvalue weighted by atomic mass is 32.1. The van der Waals surface area contributed by atoms with Gasteiger partial charge in [-0.2, -0.15) is 11.3 Å². The number of primary amides is 1. The van der Waals surface area contributed by atoms with Crippen LogP contribution in [-0.2, 0) is 0 Å². The summed E-state index contributed by atoms with van der Waals surface area (Å²) in [5.41, 5.74) is 12.7. The van der Waals surface area contributed by atoms with Gasteiger partial charge in [0.15, 0.2) is 0 Å². The van der Waals surface area contributed by atoms with Crippen LogP contribution < -0.4 is 16.2 Å². The van der Waals surface area contributed by atoms with E-state index in [0.29, 0.717) is 11.3 Å². The molecule has 0 fully saturated rings. The van der Waals surface area contributed by atoms with Gasteiger partial charge in [-0.05, 0) is 35.9 Å². The highest BCUT2D eigenvalue weighted by Gasteiger charge is 2.20. The Morgan fingerprint density at radius 1 is 1.32 bits per heavy atom. The number of thiophene rings is 1. The van der Waals surface area contributed by atoms with Gasteiger partial charge in [0.2, 0.25) is 0 Å². The maximum absolute atomic E-state index is 11.4. The van der Waals surface area contributed by atoms with Gasteiger partial charge in [-0.25, -0.2) is 0 Å². The summed E-state index contributed by atoms with van der Waals surface area (Å²) in [5, 5.41) is 3.95. The highest BCUT2D eigenvalue weighted by molar-refractivity contribution is 7.07. The lowest BCUT2D eigenvalue weighted by Crippen LogP contribution is -2.29. The number of rotatable bonds is 5. The molecule has 0 bridgehead atoms. The first-order valence-electron chi connectivity index (χ1n) is 5.92. The monoisotopic (exact) mass is 276 g/mol. The van der Waals surface area contributed by atoms with E-state index in [1.807, 2.05) is 23.8 Å². The molecule has 4 N–H and O–H groups in total. The third-order valence-electron chi connectivity index (χ3n) is 2.76. The number of para-hydroxylation sites is 1. The number of benzene rings is 1. The third kappa shape index (κ3) is 3.13. The van der Waals surface area contributed by atoms with Crippen LogP contribution in [0, 0.1) is 0 Å². The van der Waals surface area contributed by atoms with Crippen molar-refractivity contribution in [3.63, 3.8) is 0 Å². The second kappa shape index (κ2) is 5.86. The van der Waals surface area contributed by atoms with Crippen molar-refractivity contribution in [2.45, 2.75) is 19.1 Å². The number of hydrogen-bond acceptors (Lipinski definition) is 4. The van der Waals surface area contributed by atoms with E-state index < -0.39 is 5.91 Å². The maximum atomic E-state index is 11.4. The molecule has 2 aromatic rings. The van der Waals surface area contributed by atoms with Crippen LogP contribution in [0.25, 0.3) is 0 Å². The Morgan fingerprint density at radius 3 is 2.63 bits per heavy atom. The highest BCUT2D eigenvalue weighted by Crippen LogP contribution is 2.28. The largest absolute Gasteiger partial charge is 0.483 e. The van der Waals surface area contributed by atoms with Crippen molar-refractivity contribution in [3.8, 4) is 5.75 Å². The zero-order valence-corrected chi connectivity index (χ0v) is 11.4. The van der Waals surface area contributed by atoms with Crippen molar-refractivity contribution in [3.05, 3.63) is 52.2 Å². The molecule has 19 heavy (non-hydrogen) atoms. The lowest BCUT2D eigenvalue weighted by atomic mass is 10.1. The van der Waals surface area contributed by atoms with E-state index in [0.717, 1.165) is 5.56 Å². The van der Waals surface area contributed by atoms with Crippen molar-refractivity contribution in [2.24, 2.45) is 11.5 Å². The van der Waals surface area contributed by atoms with Crippen molar-refractivity contribution >= 4 is 17.2 Å².